The van der Waals surface area contributed by atoms with Crippen LogP contribution >= 0.6 is 11.3 Å². The first kappa shape index (κ1) is 20.6. The number of aryl methyl sites for hydroxylation is 4. The number of phenols is 2. The maximum absolute atomic E-state index is 11.5. The van der Waals surface area contributed by atoms with Crippen LogP contribution in [0.15, 0.2) is 66.0 Å². The van der Waals surface area contributed by atoms with Crippen molar-refractivity contribution in [2.45, 2.75) is 33.6 Å². The molecule has 0 radical (unpaired) electrons. The van der Waals surface area contributed by atoms with E-state index in [1.54, 1.807) is 11.3 Å². The number of hydrogen-bond acceptors (Lipinski definition) is 3. The molecule has 32 heavy (non-hydrogen) atoms. The molecule has 0 aliphatic carbocycles. The number of benzene rings is 4. The van der Waals surface area contributed by atoms with Gasteiger partial charge in [-0.3, -0.25) is 0 Å². The Labute approximate surface area is 192 Å². The van der Waals surface area contributed by atoms with E-state index in [1.807, 2.05) is 44.2 Å². The van der Waals surface area contributed by atoms with Crippen LogP contribution in [0.4, 0.5) is 0 Å². The Hall–Kier alpha value is -3.30. The third-order valence-corrected chi connectivity index (χ3v) is 7.55. The van der Waals surface area contributed by atoms with E-state index >= 15 is 0 Å². The zero-order valence-electron chi connectivity index (χ0n) is 18.7. The highest BCUT2D eigenvalue weighted by Gasteiger charge is 2.27. The van der Waals surface area contributed by atoms with Crippen LogP contribution in [-0.2, 0) is 0 Å². The second-order valence-corrected chi connectivity index (χ2v) is 9.69. The molecule has 5 aromatic rings. The van der Waals surface area contributed by atoms with E-state index in [4.69, 9.17) is 0 Å². The Bertz CT molecular complexity index is 1380. The Balaban J connectivity index is 1.89. The summed E-state index contributed by atoms with van der Waals surface area (Å²) in [5.41, 5.74) is 5.98. The van der Waals surface area contributed by atoms with Gasteiger partial charge in [0, 0.05) is 26.8 Å². The lowest BCUT2D eigenvalue weighted by atomic mass is 9.83. The van der Waals surface area contributed by atoms with Crippen molar-refractivity contribution in [2.75, 3.05) is 0 Å². The van der Waals surface area contributed by atoms with Crippen LogP contribution in [0.5, 0.6) is 11.5 Å². The average molecular weight is 439 g/mol. The fraction of sp³-hybridized carbons (Fsp3) is 0.172. The number of fused-ring (bicyclic) bond motifs is 2. The molecule has 1 aromatic heterocycles. The molecule has 2 N–H and O–H groups in total. The second kappa shape index (κ2) is 7.68. The monoisotopic (exact) mass is 438 g/mol. The average Bonchev–Trinajstić information content (AvgIpc) is 3.29. The Morgan fingerprint density at radius 2 is 1.12 bits per heavy atom. The number of aromatic hydroxyl groups is 2. The lowest BCUT2D eigenvalue weighted by molar-refractivity contribution is 0.465. The normalized spacial score (nSPS) is 11.7. The highest BCUT2D eigenvalue weighted by atomic mass is 32.1. The van der Waals surface area contributed by atoms with Crippen molar-refractivity contribution in [2.24, 2.45) is 0 Å². The van der Waals surface area contributed by atoms with Crippen LogP contribution in [0.3, 0.4) is 0 Å². The molecule has 5 rings (SSSR count). The van der Waals surface area contributed by atoms with Crippen molar-refractivity contribution in [3.05, 3.63) is 104 Å². The van der Waals surface area contributed by atoms with Crippen LogP contribution in [0.2, 0.25) is 0 Å². The number of rotatable bonds is 3. The summed E-state index contributed by atoms with van der Waals surface area (Å²) in [6.07, 6.45) is 0. The summed E-state index contributed by atoms with van der Waals surface area (Å²) in [6.45, 7) is 8.25. The summed E-state index contributed by atoms with van der Waals surface area (Å²) in [5.74, 6) is 0.327. The highest BCUT2D eigenvalue weighted by molar-refractivity contribution is 7.10. The molecule has 160 valence electrons. The van der Waals surface area contributed by atoms with Gasteiger partial charge in [-0.05, 0) is 72.2 Å². The summed E-state index contributed by atoms with van der Waals surface area (Å²) in [7, 11) is 0. The lowest BCUT2D eigenvalue weighted by Gasteiger charge is -2.23. The van der Waals surface area contributed by atoms with Crippen molar-refractivity contribution in [1.29, 1.82) is 0 Å². The topological polar surface area (TPSA) is 40.5 Å². The van der Waals surface area contributed by atoms with Gasteiger partial charge in [0.05, 0.1) is 5.92 Å². The molecule has 0 bridgehead atoms. The first-order valence-corrected chi connectivity index (χ1v) is 11.7. The third kappa shape index (κ3) is 3.08. The SMILES string of the molecule is Cc1cc(C(c2cccs2)c2cc(C)c3cccc(C)c3c2O)c(O)c2c(C)cccc12. The molecule has 0 fully saturated rings. The van der Waals surface area contributed by atoms with Gasteiger partial charge >= 0.3 is 0 Å². The van der Waals surface area contributed by atoms with E-state index in [0.29, 0.717) is 11.5 Å². The molecule has 0 spiro atoms. The fourth-order valence-corrected chi connectivity index (χ4v) is 5.90. The molecular weight excluding hydrogens is 412 g/mol. The third-order valence-electron chi connectivity index (χ3n) is 6.61. The smallest absolute Gasteiger partial charge is 0.127 e. The summed E-state index contributed by atoms with van der Waals surface area (Å²) >= 11 is 1.65. The van der Waals surface area contributed by atoms with Gasteiger partial charge in [-0.2, -0.15) is 0 Å². The zero-order valence-corrected chi connectivity index (χ0v) is 19.5. The van der Waals surface area contributed by atoms with Crippen LogP contribution in [0.1, 0.15) is 44.2 Å². The molecule has 0 aliphatic rings. The van der Waals surface area contributed by atoms with Crippen molar-refractivity contribution in [3.63, 3.8) is 0 Å². The van der Waals surface area contributed by atoms with Gasteiger partial charge in [-0.25, -0.2) is 0 Å². The lowest BCUT2D eigenvalue weighted by Crippen LogP contribution is -2.05. The first-order valence-electron chi connectivity index (χ1n) is 10.9. The molecule has 4 aromatic carbocycles. The molecular formula is C29H26O2S. The van der Waals surface area contributed by atoms with Crippen LogP contribution in [0, 0.1) is 27.7 Å². The van der Waals surface area contributed by atoms with E-state index in [-0.39, 0.29) is 5.92 Å². The standard InChI is InChI=1S/C29H26O2S/c1-16-8-5-10-20-18(3)14-22(28(30)25(16)20)27(24-12-7-13-32-24)23-15-19(4)21-11-6-9-17(2)26(21)29(23)31/h5-15,27,30-31H,1-4H3. The van der Waals surface area contributed by atoms with Crippen LogP contribution in [0.25, 0.3) is 21.5 Å². The number of phenolic OH excluding ortho intramolecular Hbond substituents is 2. The van der Waals surface area contributed by atoms with Gasteiger partial charge in [0.2, 0.25) is 0 Å². The maximum Gasteiger partial charge on any atom is 0.127 e. The fourth-order valence-electron chi connectivity index (χ4n) is 5.04. The van der Waals surface area contributed by atoms with E-state index < -0.39 is 0 Å². The summed E-state index contributed by atoms with van der Waals surface area (Å²) in [4.78, 5) is 1.09. The zero-order chi connectivity index (χ0) is 22.6. The van der Waals surface area contributed by atoms with Crippen LogP contribution < -0.4 is 0 Å². The molecule has 3 heteroatoms. The quantitative estimate of drug-likeness (QED) is 0.301. The van der Waals surface area contributed by atoms with E-state index in [9.17, 15) is 10.2 Å². The summed E-state index contributed by atoms with van der Waals surface area (Å²) < 4.78 is 0. The second-order valence-electron chi connectivity index (χ2n) is 8.71. The van der Waals surface area contributed by atoms with Crippen LogP contribution in [-0.4, -0.2) is 10.2 Å². The molecule has 2 nitrogen and oxygen atoms in total. The van der Waals surface area contributed by atoms with Crippen molar-refractivity contribution in [3.8, 4) is 11.5 Å². The molecule has 0 unspecified atom stereocenters. The Morgan fingerprint density at radius 3 is 1.56 bits per heavy atom. The maximum atomic E-state index is 11.5. The minimum atomic E-state index is -0.264. The van der Waals surface area contributed by atoms with Gasteiger partial charge in [-0.1, -0.05) is 54.6 Å². The van der Waals surface area contributed by atoms with E-state index in [2.05, 4.69) is 49.6 Å². The molecule has 1 heterocycles. The van der Waals surface area contributed by atoms with Crippen molar-refractivity contribution < 1.29 is 10.2 Å². The highest BCUT2D eigenvalue weighted by Crippen LogP contribution is 2.48. The minimum Gasteiger partial charge on any atom is -0.507 e. The number of thiophene rings is 1. The van der Waals surface area contributed by atoms with Gasteiger partial charge in [-0.15, -0.1) is 11.3 Å². The Kier molecular flexibility index (Phi) is 4.94. The van der Waals surface area contributed by atoms with Crippen molar-refractivity contribution in [1.82, 2.24) is 0 Å². The molecule has 0 atom stereocenters. The van der Waals surface area contributed by atoms with Crippen molar-refractivity contribution >= 4 is 32.9 Å². The molecule has 0 saturated carbocycles. The van der Waals surface area contributed by atoms with E-state index in [1.165, 1.54) is 0 Å². The van der Waals surface area contributed by atoms with E-state index in [0.717, 1.165) is 59.8 Å². The summed E-state index contributed by atoms with van der Waals surface area (Å²) in [6, 6.07) is 20.5. The van der Waals surface area contributed by atoms with Gasteiger partial charge in [0.1, 0.15) is 11.5 Å². The van der Waals surface area contributed by atoms with Gasteiger partial charge in [0.15, 0.2) is 0 Å². The molecule has 0 amide bonds. The number of hydrogen-bond donors (Lipinski definition) is 2. The first-order chi connectivity index (χ1) is 15.4. The minimum absolute atomic E-state index is 0.264. The van der Waals surface area contributed by atoms with Gasteiger partial charge in [0.25, 0.3) is 0 Å². The predicted molar refractivity (Wildman–Crippen MR) is 135 cm³/mol. The molecule has 0 aliphatic heterocycles. The summed E-state index contributed by atoms with van der Waals surface area (Å²) in [5, 5.41) is 29.0. The predicted octanol–water partition coefficient (Wildman–Crippen LogP) is 7.88. The molecule has 0 saturated heterocycles. The largest absolute Gasteiger partial charge is 0.507 e. The Morgan fingerprint density at radius 1 is 0.625 bits per heavy atom. The van der Waals surface area contributed by atoms with Gasteiger partial charge < -0.3 is 10.2 Å².